The van der Waals surface area contributed by atoms with E-state index in [4.69, 9.17) is 0 Å². The SMILES string of the molecule is Cc1cc(C)c(NC(=O)C2CCCN2Cc2ccccc2)c(C)c1.Cl. The number of hydrogen-bond donors (Lipinski definition) is 1. The summed E-state index contributed by atoms with van der Waals surface area (Å²) in [5.74, 6) is 0.124. The van der Waals surface area contributed by atoms with Gasteiger partial charge in [0.15, 0.2) is 0 Å². The molecule has 0 spiro atoms. The fourth-order valence-electron chi connectivity index (χ4n) is 3.71. The Kier molecular flexibility index (Phi) is 6.63. The number of nitrogens with zero attached hydrogens (tertiary/aromatic N) is 1. The molecule has 25 heavy (non-hydrogen) atoms. The predicted octanol–water partition coefficient (Wildman–Crippen LogP) is 4.64. The van der Waals surface area contributed by atoms with Gasteiger partial charge in [0, 0.05) is 12.2 Å². The highest BCUT2D eigenvalue weighted by Crippen LogP contribution is 2.25. The molecule has 1 heterocycles. The zero-order valence-electron chi connectivity index (χ0n) is 15.2. The fourth-order valence-corrected chi connectivity index (χ4v) is 3.71. The van der Waals surface area contributed by atoms with Gasteiger partial charge in [0.1, 0.15) is 0 Å². The molecule has 0 bridgehead atoms. The van der Waals surface area contributed by atoms with Gasteiger partial charge in [0.05, 0.1) is 6.04 Å². The molecule has 2 aromatic carbocycles. The summed E-state index contributed by atoms with van der Waals surface area (Å²) in [5, 5.41) is 3.18. The number of carbonyl (C=O) groups is 1. The summed E-state index contributed by atoms with van der Waals surface area (Å²) in [4.78, 5) is 15.1. The van der Waals surface area contributed by atoms with Crippen LogP contribution >= 0.6 is 12.4 Å². The van der Waals surface area contributed by atoms with Crippen LogP contribution in [0.3, 0.4) is 0 Å². The Bertz CT molecular complexity index is 707. The van der Waals surface area contributed by atoms with E-state index in [1.165, 1.54) is 11.1 Å². The number of benzene rings is 2. The van der Waals surface area contributed by atoms with Crippen molar-refractivity contribution in [3.05, 3.63) is 64.7 Å². The molecule has 1 aliphatic rings. The highest BCUT2D eigenvalue weighted by molar-refractivity contribution is 5.96. The normalized spacial score (nSPS) is 17.2. The second kappa shape index (κ2) is 8.50. The largest absolute Gasteiger partial charge is 0.324 e. The van der Waals surface area contributed by atoms with Crippen LogP contribution in [-0.2, 0) is 11.3 Å². The van der Waals surface area contributed by atoms with E-state index < -0.39 is 0 Å². The van der Waals surface area contributed by atoms with E-state index in [0.717, 1.165) is 42.7 Å². The van der Waals surface area contributed by atoms with Crippen LogP contribution < -0.4 is 5.32 Å². The van der Waals surface area contributed by atoms with Crippen molar-refractivity contribution < 1.29 is 4.79 Å². The Morgan fingerprint density at radius 3 is 2.40 bits per heavy atom. The van der Waals surface area contributed by atoms with Gasteiger partial charge in [-0.05, 0) is 56.8 Å². The molecular weight excluding hydrogens is 332 g/mol. The van der Waals surface area contributed by atoms with Gasteiger partial charge in [0.2, 0.25) is 5.91 Å². The van der Waals surface area contributed by atoms with Gasteiger partial charge in [-0.25, -0.2) is 0 Å². The van der Waals surface area contributed by atoms with E-state index in [2.05, 4.69) is 67.4 Å². The van der Waals surface area contributed by atoms with E-state index in [1.807, 2.05) is 6.07 Å². The van der Waals surface area contributed by atoms with Gasteiger partial charge < -0.3 is 5.32 Å². The second-order valence-electron chi connectivity index (χ2n) is 6.88. The lowest BCUT2D eigenvalue weighted by atomic mass is 10.0. The van der Waals surface area contributed by atoms with E-state index in [0.29, 0.717) is 0 Å². The van der Waals surface area contributed by atoms with Crippen LogP contribution in [0.25, 0.3) is 0 Å². The first-order valence-corrected chi connectivity index (χ1v) is 8.71. The number of amides is 1. The number of halogens is 1. The van der Waals surface area contributed by atoms with Gasteiger partial charge in [-0.1, -0.05) is 48.0 Å². The number of carbonyl (C=O) groups excluding carboxylic acids is 1. The fraction of sp³-hybridized carbons (Fsp3) is 0.381. The number of anilines is 1. The Balaban J connectivity index is 0.00000225. The van der Waals surface area contributed by atoms with Crippen molar-refractivity contribution in [1.82, 2.24) is 4.90 Å². The Morgan fingerprint density at radius 2 is 1.76 bits per heavy atom. The van der Waals surface area contributed by atoms with E-state index in [9.17, 15) is 4.79 Å². The quantitative estimate of drug-likeness (QED) is 0.863. The molecule has 0 aromatic heterocycles. The minimum absolute atomic E-state index is 0. The van der Waals surface area contributed by atoms with Gasteiger partial charge in [0.25, 0.3) is 0 Å². The molecule has 1 unspecified atom stereocenters. The second-order valence-corrected chi connectivity index (χ2v) is 6.88. The minimum atomic E-state index is -0.0368. The Hall–Kier alpha value is -1.84. The topological polar surface area (TPSA) is 32.3 Å². The van der Waals surface area contributed by atoms with Gasteiger partial charge >= 0.3 is 0 Å². The van der Waals surface area contributed by atoms with Crippen LogP contribution in [0.1, 0.15) is 35.1 Å². The standard InChI is InChI=1S/C21H26N2O.ClH/c1-15-12-16(2)20(17(3)13-15)22-21(24)19-10-7-11-23(19)14-18-8-5-4-6-9-18;/h4-6,8-9,12-13,19H,7,10-11,14H2,1-3H3,(H,22,24);1H. The third-order valence-electron chi connectivity index (χ3n) is 4.82. The number of nitrogens with one attached hydrogen (secondary N) is 1. The molecule has 3 rings (SSSR count). The molecule has 2 aromatic rings. The number of hydrogen-bond acceptors (Lipinski definition) is 2. The van der Waals surface area contributed by atoms with Gasteiger partial charge in [-0.3, -0.25) is 9.69 Å². The molecule has 4 heteroatoms. The summed E-state index contributed by atoms with van der Waals surface area (Å²) in [6.07, 6.45) is 2.01. The number of aryl methyl sites for hydroxylation is 3. The number of rotatable bonds is 4. The lowest BCUT2D eigenvalue weighted by Crippen LogP contribution is -2.39. The molecule has 3 nitrogen and oxygen atoms in total. The predicted molar refractivity (Wildman–Crippen MR) is 106 cm³/mol. The van der Waals surface area contributed by atoms with E-state index in [-0.39, 0.29) is 24.4 Å². The average molecular weight is 359 g/mol. The van der Waals surface area contributed by atoms with Crippen molar-refractivity contribution in [2.75, 3.05) is 11.9 Å². The lowest BCUT2D eigenvalue weighted by molar-refractivity contribution is -0.120. The van der Waals surface area contributed by atoms with Crippen LogP contribution in [0.5, 0.6) is 0 Å². The molecule has 134 valence electrons. The molecule has 1 fully saturated rings. The Labute approximate surface area is 156 Å². The molecule has 0 aliphatic carbocycles. The summed E-state index contributed by atoms with van der Waals surface area (Å²) in [6.45, 7) is 8.03. The smallest absolute Gasteiger partial charge is 0.241 e. The van der Waals surface area contributed by atoms with Gasteiger partial charge in [-0.2, -0.15) is 0 Å². The average Bonchev–Trinajstić information content (AvgIpc) is 3.00. The summed E-state index contributed by atoms with van der Waals surface area (Å²) in [6, 6.07) is 14.6. The summed E-state index contributed by atoms with van der Waals surface area (Å²) < 4.78 is 0. The van der Waals surface area contributed by atoms with Crippen molar-refractivity contribution in [3.63, 3.8) is 0 Å². The third kappa shape index (κ3) is 4.62. The first-order valence-electron chi connectivity index (χ1n) is 8.71. The Morgan fingerprint density at radius 1 is 1.12 bits per heavy atom. The molecular formula is C21H27ClN2O. The molecule has 0 radical (unpaired) electrons. The highest BCUT2D eigenvalue weighted by atomic mass is 35.5. The van der Waals surface area contributed by atoms with Crippen LogP contribution in [-0.4, -0.2) is 23.4 Å². The van der Waals surface area contributed by atoms with E-state index >= 15 is 0 Å². The summed E-state index contributed by atoms with van der Waals surface area (Å²) in [7, 11) is 0. The molecule has 1 N–H and O–H groups in total. The monoisotopic (exact) mass is 358 g/mol. The van der Waals surface area contributed by atoms with Crippen molar-refractivity contribution in [3.8, 4) is 0 Å². The van der Waals surface area contributed by atoms with Crippen LogP contribution in [0.4, 0.5) is 5.69 Å². The minimum Gasteiger partial charge on any atom is -0.324 e. The molecule has 1 amide bonds. The van der Waals surface area contributed by atoms with Crippen molar-refractivity contribution in [2.45, 2.75) is 46.2 Å². The first kappa shape index (κ1) is 19.5. The van der Waals surface area contributed by atoms with Crippen molar-refractivity contribution in [1.29, 1.82) is 0 Å². The maximum atomic E-state index is 12.9. The lowest BCUT2D eigenvalue weighted by Gasteiger charge is -2.24. The number of likely N-dealkylation sites (tertiary alicyclic amines) is 1. The maximum absolute atomic E-state index is 12.9. The first-order chi connectivity index (χ1) is 11.5. The van der Waals surface area contributed by atoms with Crippen LogP contribution in [0, 0.1) is 20.8 Å². The van der Waals surface area contributed by atoms with Crippen molar-refractivity contribution in [2.24, 2.45) is 0 Å². The highest BCUT2D eigenvalue weighted by Gasteiger charge is 2.31. The maximum Gasteiger partial charge on any atom is 0.241 e. The molecule has 1 atom stereocenters. The zero-order chi connectivity index (χ0) is 17.1. The summed E-state index contributed by atoms with van der Waals surface area (Å²) in [5.41, 5.74) is 5.73. The molecule has 0 saturated carbocycles. The molecule has 1 aliphatic heterocycles. The van der Waals surface area contributed by atoms with Gasteiger partial charge in [-0.15, -0.1) is 12.4 Å². The molecule has 1 saturated heterocycles. The zero-order valence-corrected chi connectivity index (χ0v) is 16.0. The third-order valence-corrected chi connectivity index (χ3v) is 4.82. The van der Waals surface area contributed by atoms with Crippen LogP contribution in [0.15, 0.2) is 42.5 Å². The summed E-state index contributed by atoms with van der Waals surface area (Å²) >= 11 is 0. The van der Waals surface area contributed by atoms with Crippen molar-refractivity contribution >= 4 is 24.0 Å². The van der Waals surface area contributed by atoms with E-state index in [1.54, 1.807) is 0 Å². The van der Waals surface area contributed by atoms with Crippen LogP contribution in [0.2, 0.25) is 0 Å².